The molecule has 0 bridgehead atoms. The van der Waals surface area contributed by atoms with E-state index in [2.05, 4.69) is 16.8 Å². The maximum Gasteiger partial charge on any atom is 0.0833 e. The van der Waals surface area contributed by atoms with Crippen LogP contribution in [0.4, 0.5) is 0 Å². The number of ether oxygens (including phenoxy) is 3. The highest BCUT2D eigenvalue weighted by Crippen LogP contribution is 2.29. The van der Waals surface area contributed by atoms with Crippen molar-refractivity contribution >= 4 is 0 Å². The fourth-order valence-electron chi connectivity index (χ4n) is 3.55. The summed E-state index contributed by atoms with van der Waals surface area (Å²) in [6.07, 6.45) is 3.73. The molecule has 0 saturated carbocycles. The van der Waals surface area contributed by atoms with Gasteiger partial charge in [0, 0.05) is 32.7 Å². The Morgan fingerprint density at radius 2 is 1.95 bits per heavy atom. The molecule has 5 nitrogen and oxygen atoms in total. The summed E-state index contributed by atoms with van der Waals surface area (Å²) in [7, 11) is 2.21. The Bertz CT molecular complexity index is 299. The van der Waals surface area contributed by atoms with Crippen molar-refractivity contribution in [2.45, 2.75) is 31.0 Å². The molecule has 3 heterocycles. The molecule has 0 radical (unpaired) electrons. The van der Waals surface area contributed by atoms with E-state index in [-0.39, 0.29) is 5.60 Å². The van der Waals surface area contributed by atoms with Crippen LogP contribution in [0.15, 0.2) is 0 Å². The van der Waals surface area contributed by atoms with Gasteiger partial charge in [0.25, 0.3) is 0 Å². The van der Waals surface area contributed by atoms with Crippen LogP contribution in [0.1, 0.15) is 19.3 Å². The van der Waals surface area contributed by atoms with Crippen molar-refractivity contribution < 1.29 is 14.2 Å². The van der Waals surface area contributed by atoms with Crippen LogP contribution in [0.5, 0.6) is 0 Å². The zero-order valence-electron chi connectivity index (χ0n) is 12.7. The molecule has 0 N–H and O–H groups in total. The number of likely N-dealkylation sites (tertiary alicyclic amines) is 1. The van der Waals surface area contributed by atoms with E-state index in [1.165, 1.54) is 12.8 Å². The normalized spacial score (nSPS) is 32.5. The Morgan fingerprint density at radius 1 is 1.10 bits per heavy atom. The van der Waals surface area contributed by atoms with Crippen LogP contribution in [0.25, 0.3) is 0 Å². The van der Waals surface area contributed by atoms with Crippen molar-refractivity contribution in [3.8, 4) is 0 Å². The van der Waals surface area contributed by atoms with Crippen molar-refractivity contribution in [1.82, 2.24) is 9.80 Å². The lowest BCUT2D eigenvalue weighted by atomic mass is 9.89. The van der Waals surface area contributed by atoms with Gasteiger partial charge in [-0.25, -0.2) is 0 Å². The van der Waals surface area contributed by atoms with Gasteiger partial charge in [0.05, 0.1) is 38.1 Å². The third-order valence-electron chi connectivity index (χ3n) is 4.86. The lowest BCUT2D eigenvalue weighted by molar-refractivity contribution is -0.133. The van der Waals surface area contributed by atoms with Gasteiger partial charge in [0.1, 0.15) is 0 Å². The summed E-state index contributed by atoms with van der Waals surface area (Å²) in [5.41, 5.74) is 0.133. The van der Waals surface area contributed by atoms with Crippen molar-refractivity contribution in [2.75, 3.05) is 66.2 Å². The van der Waals surface area contributed by atoms with Crippen LogP contribution in [0, 0.1) is 0 Å². The molecular weight excluding hydrogens is 256 g/mol. The lowest BCUT2D eigenvalue weighted by Gasteiger charge is -2.46. The molecule has 1 unspecified atom stereocenters. The van der Waals surface area contributed by atoms with Gasteiger partial charge in [-0.3, -0.25) is 0 Å². The molecule has 5 heteroatoms. The second kappa shape index (κ2) is 6.71. The number of likely N-dealkylation sites (N-methyl/N-ethyl adjacent to an activating group) is 1. The monoisotopic (exact) mass is 284 g/mol. The van der Waals surface area contributed by atoms with Crippen LogP contribution >= 0.6 is 0 Å². The van der Waals surface area contributed by atoms with Gasteiger partial charge in [-0.2, -0.15) is 0 Å². The number of hydrogen-bond acceptors (Lipinski definition) is 5. The maximum atomic E-state index is 6.11. The summed E-state index contributed by atoms with van der Waals surface area (Å²) >= 11 is 0. The second-order valence-electron chi connectivity index (χ2n) is 6.47. The molecule has 0 aromatic heterocycles. The fourth-order valence-corrected chi connectivity index (χ4v) is 3.55. The first kappa shape index (κ1) is 14.7. The van der Waals surface area contributed by atoms with Gasteiger partial charge < -0.3 is 24.0 Å². The minimum atomic E-state index is 0.133. The average Bonchev–Trinajstić information content (AvgIpc) is 2.48. The average molecular weight is 284 g/mol. The van der Waals surface area contributed by atoms with E-state index >= 15 is 0 Å². The molecular formula is C15H28N2O3. The van der Waals surface area contributed by atoms with Crippen LogP contribution < -0.4 is 0 Å². The van der Waals surface area contributed by atoms with Crippen LogP contribution in [0.3, 0.4) is 0 Å². The molecule has 3 fully saturated rings. The highest BCUT2D eigenvalue weighted by Gasteiger charge is 2.38. The van der Waals surface area contributed by atoms with Crippen LogP contribution in [0.2, 0.25) is 0 Å². The Balaban J connectivity index is 1.39. The molecule has 3 saturated heterocycles. The van der Waals surface area contributed by atoms with Crippen LogP contribution in [-0.2, 0) is 14.2 Å². The molecule has 0 aromatic rings. The summed E-state index contributed by atoms with van der Waals surface area (Å²) in [4.78, 5) is 4.97. The standard InChI is InChI=1S/C15H28N2O3/c1-16-8-9-20-15(13-16)3-6-17(7-4-15)5-2-14-12-18-10-11-19-14/h14H,2-13H2,1H3. The van der Waals surface area contributed by atoms with Crippen molar-refractivity contribution in [2.24, 2.45) is 0 Å². The predicted octanol–water partition coefficient (Wildman–Crippen LogP) is 0.589. The number of hydrogen-bond donors (Lipinski definition) is 0. The highest BCUT2D eigenvalue weighted by atomic mass is 16.6. The minimum absolute atomic E-state index is 0.133. The summed E-state index contributed by atoms with van der Waals surface area (Å²) < 4.78 is 17.3. The second-order valence-corrected chi connectivity index (χ2v) is 6.47. The fraction of sp³-hybridized carbons (Fsp3) is 1.00. The molecule has 3 aliphatic heterocycles. The number of nitrogens with zero attached hydrogens (tertiary/aromatic N) is 2. The predicted molar refractivity (Wildman–Crippen MR) is 77.0 cm³/mol. The number of rotatable bonds is 3. The smallest absolute Gasteiger partial charge is 0.0833 e. The first-order chi connectivity index (χ1) is 9.76. The summed E-state index contributed by atoms with van der Waals surface area (Å²) in [5.74, 6) is 0. The van der Waals surface area contributed by atoms with E-state index in [4.69, 9.17) is 14.2 Å². The van der Waals surface area contributed by atoms with E-state index < -0.39 is 0 Å². The molecule has 0 aliphatic carbocycles. The molecule has 3 rings (SSSR count). The maximum absolute atomic E-state index is 6.11. The van der Waals surface area contributed by atoms with E-state index in [9.17, 15) is 0 Å². The Hall–Kier alpha value is -0.200. The highest BCUT2D eigenvalue weighted by molar-refractivity contribution is 4.92. The third-order valence-corrected chi connectivity index (χ3v) is 4.86. The molecule has 0 amide bonds. The summed E-state index contributed by atoms with van der Waals surface area (Å²) in [6, 6.07) is 0. The third kappa shape index (κ3) is 3.71. The Kier molecular flexibility index (Phi) is 4.94. The van der Waals surface area contributed by atoms with Crippen molar-refractivity contribution in [3.63, 3.8) is 0 Å². The molecule has 1 spiro atoms. The van der Waals surface area contributed by atoms with Gasteiger partial charge in [-0.05, 0) is 26.3 Å². The van der Waals surface area contributed by atoms with Gasteiger partial charge >= 0.3 is 0 Å². The lowest BCUT2D eigenvalue weighted by Crippen LogP contribution is -2.56. The van der Waals surface area contributed by atoms with Crippen molar-refractivity contribution in [3.05, 3.63) is 0 Å². The minimum Gasteiger partial charge on any atom is -0.376 e. The molecule has 20 heavy (non-hydrogen) atoms. The van der Waals surface area contributed by atoms with Crippen LogP contribution in [-0.4, -0.2) is 87.7 Å². The molecule has 1 atom stereocenters. The summed E-state index contributed by atoms with van der Waals surface area (Å²) in [6.45, 7) is 8.78. The van der Waals surface area contributed by atoms with Gasteiger partial charge in [-0.15, -0.1) is 0 Å². The Labute approximate surface area is 122 Å². The Morgan fingerprint density at radius 3 is 2.65 bits per heavy atom. The largest absolute Gasteiger partial charge is 0.376 e. The SMILES string of the molecule is CN1CCOC2(CCN(CCC3COCCO3)CC2)C1. The van der Waals surface area contributed by atoms with E-state index in [0.717, 1.165) is 65.6 Å². The zero-order chi connectivity index (χ0) is 13.8. The first-order valence-electron chi connectivity index (χ1n) is 8.00. The van der Waals surface area contributed by atoms with Crippen molar-refractivity contribution in [1.29, 1.82) is 0 Å². The van der Waals surface area contributed by atoms with E-state index in [1.54, 1.807) is 0 Å². The van der Waals surface area contributed by atoms with Gasteiger partial charge in [0.2, 0.25) is 0 Å². The topological polar surface area (TPSA) is 34.2 Å². The quantitative estimate of drug-likeness (QED) is 0.758. The van der Waals surface area contributed by atoms with E-state index in [1.807, 2.05) is 0 Å². The number of piperidine rings is 1. The summed E-state index contributed by atoms with van der Waals surface area (Å²) in [5, 5.41) is 0. The molecule has 0 aromatic carbocycles. The molecule has 3 aliphatic rings. The zero-order valence-corrected chi connectivity index (χ0v) is 12.7. The number of morpholine rings is 1. The first-order valence-corrected chi connectivity index (χ1v) is 8.00. The van der Waals surface area contributed by atoms with Gasteiger partial charge in [0.15, 0.2) is 0 Å². The molecule has 116 valence electrons. The van der Waals surface area contributed by atoms with Gasteiger partial charge in [-0.1, -0.05) is 0 Å². The van der Waals surface area contributed by atoms with E-state index in [0.29, 0.717) is 6.10 Å².